The Morgan fingerprint density at radius 2 is 1.90 bits per heavy atom. The summed E-state index contributed by atoms with van der Waals surface area (Å²) in [5.41, 5.74) is 3.10. The van der Waals surface area contributed by atoms with E-state index in [1.807, 2.05) is 55.2 Å². The van der Waals surface area contributed by atoms with Gasteiger partial charge in [0.15, 0.2) is 11.5 Å². The van der Waals surface area contributed by atoms with E-state index in [0.717, 1.165) is 41.6 Å². The molecule has 1 amide bonds. The maximum absolute atomic E-state index is 13.0. The minimum absolute atomic E-state index is 0.112. The molecule has 30 heavy (non-hydrogen) atoms. The number of nitrogens with zero attached hydrogens (tertiary/aromatic N) is 1. The van der Waals surface area contributed by atoms with Crippen LogP contribution in [0.15, 0.2) is 42.5 Å². The Kier molecular flexibility index (Phi) is 5.37. The number of fused-ring (bicyclic) bond motifs is 1. The maximum atomic E-state index is 13.0. The summed E-state index contributed by atoms with van der Waals surface area (Å²) < 4.78 is 11.9. The fourth-order valence-electron chi connectivity index (χ4n) is 3.72. The third-order valence-corrected chi connectivity index (χ3v) is 5.55. The van der Waals surface area contributed by atoms with Crippen LogP contribution in [0.5, 0.6) is 11.5 Å². The molecule has 0 radical (unpaired) electrons. The number of aldehydes is 1. The van der Waals surface area contributed by atoms with E-state index in [4.69, 9.17) is 9.47 Å². The van der Waals surface area contributed by atoms with Crippen LogP contribution >= 0.6 is 0 Å². The number of benzene rings is 2. The number of hydrogen-bond donors (Lipinski definition) is 0. The highest BCUT2D eigenvalue weighted by atomic mass is 16.5. The van der Waals surface area contributed by atoms with Crippen molar-refractivity contribution in [3.05, 3.63) is 64.7 Å². The molecule has 4 rings (SSSR count). The molecule has 1 saturated carbocycles. The Labute approximate surface area is 177 Å². The SMILES string of the molecule is COc1c(CN(Cc2ccc(C=O)cc2)C(=O)C2CC2)ccc2c1OC(C)(C)C=C2. The van der Waals surface area contributed by atoms with E-state index in [-0.39, 0.29) is 11.8 Å². The molecule has 0 atom stereocenters. The molecule has 0 aromatic heterocycles. The summed E-state index contributed by atoms with van der Waals surface area (Å²) in [5, 5.41) is 0. The van der Waals surface area contributed by atoms with Crippen LogP contribution in [0.1, 0.15) is 53.7 Å². The monoisotopic (exact) mass is 405 g/mol. The number of amides is 1. The van der Waals surface area contributed by atoms with Gasteiger partial charge in [-0.25, -0.2) is 0 Å². The summed E-state index contributed by atoms with van der Waals surface area (Å²) in [7, 11) is 1.64. The molecular formula is C25H27NO4. The first-order chi connectivity index (χ1) is 14.4. The third-order valence-electron chi connectivity index (χ3n) is 5.55. The minimum atomic E-state index is -0.414. The highest BCUT2D eigenvalue weighted by molar-refractivity contribution is 5.81. The Bertz CT molecular complexity index is 987. The second kappa shape index (κ2) is 7.98. The number of carbonyl (C=O) groups excluding carboxylic acids is 2. The van der Waals surface area contributed by atoms with Crippen LogP contribution < -0.4 is 9.47 Å². The van der Waals surface area contributed by atoms with Gasteiger partial charge in [-0.3, -0.25) is 9.59 Å². The van der Waals surface area contributed by atoms with Crippen LogP contribution in [-0.2, 0) is 17.9 Å². The third kappa shape index (κ3) is 4.25. The average molecular weight is 405 g/mol. The molecule has 0 spiro atoms. The number of ether oxygens (including phenoxy) is 2. The quantitative estimate of drug-likeness (QED) is 0.630. The second-order valence-corrected chi connectivity index (χ2v) is 8.54. The highest BCUT2D eigenvalue weighted by Crippen LogP contribution is 2.42. The summed E-state index contributed by atoms with van der Waals surface area (Å²) >= 11 is 0. The first-order valence-electron chi connectivity index (χ1n) is 10.3. The summed E-state index contributed by atoms with van der Waals surface area (Å²) in [5.74, 6) is 1.67. The van der Waals surface area contributed by atoms with Crippen molar-refractivity contribution in [3.63, 3.8) is 0 Å². The molecule has 5 nitrogen and oxygen atoms in total. The Morgan fingerprint density at radius 1 is 1.17 bits per heavy atom. The van der Waals surface area contributed by atoms with Crippen molar-refractivity contribution in [2.75, 3.05) is 7.11 Å². The Morgan fingerprint density at radius 3 is 2.53 bits per heavy atom. The molecule has 156 valence electrons. The van der Waals surface area contributed by atoms with E-state index in [1.54, 1.807) is 19.2 Å². The zero-order chi connectivity index (χ0) is 21.3. The number of carbonyl (C=O) groups is 2. The standard InChI is InChI=1S/C25H27NO4/c1-25(2)13-12-19-8-11-21(22(29-3)23(19)30-25)15-26(24(28)20-9-10-20)14-17-4-6-18(16-27)7-5-17/h4-8,11-13,16,20H,9-10,14-15H2,1-3H3. The highest BCUT2D eigenvalue weighted by Gasteiger charge is 2.34. The van der Waals surface area contributed by atoms with Crippen LogP contribution in [0.2, 0.25) is 0 Å². The van der Waals surface area contributed by atoms with E-state index in [1.165, 1.54) is 0 Å². The molecule has 5 heteroatoms. The zero-order valence-corrected chi connectivity index (χ0v) is 17.7. The van der Waals surface area contributed by atoms with Gasteiger partial charge in [-0.1, -0.05) is 42.5 Å². The summed E-state index contributed by atoms with van der Waals surface area (Å²) in [6.45, 7) is 4.94. The molecule has 1 aliphatic carbocycles. The Balaban J connectivity index is 1.63. The summed E-state index contributed by atoms with van der Waals surface area (Å²) in [6.07, 6.45) is 6.80. The van der Waals surface area contributed by atoms with Gasteiger partial charge in [0, 0.05) is 35.7 Å². The molecule has 2 aliphatic rings. The van der Waals surface area contributed by atoms with Gasteiger partial charge in [0.25, 0.3) is 0 Å². The van der Waals surface area contributed by atoms with E-state index < -0.39 is 5.60 Å². The van der Waals surface area contributed by atoms with Crippen LogP contribution in [-0.4, -0.2) is 29.8 Å². The molecule has 0 N–H and O–H groups in total. The van der Waals surface area contributed by atoms with E-state index >= 15 is 0 Å². The molecule has 1 aliphatic heterocycles. The average Bonchev–Trinajstić information content (AvgIpc) is 3.58. The first kappa shape index (κ1) is 20.2. The lowest BCUT2D eigenvalue weighted by atomic mass is 10.00. The number of rotatable bonds is 7. The Hall–Kier alpha value is -3.08. The van der Waals surface area contributed by atoms with Crippen molar-refractivity contribution in [3.8, 4) is 11.5 Å². The predicted molar refractivity (Wildman–Crippen MR) is 116 cm³/mol. The molecule has 0 bridgehead atoms. The lowest BCUT2D eigenvalue weighted by Crippen LogP contribution is -2.32. The fourth-order valence-corrected chi connectivity index (χ4v) is 3.72. The lowest BCUT2D eigenvalue weighted by molar-refractivity contribution is -0.133. The van der Waals surface area contributed by atoms with E-state index in [0.29, 0.717) is 24.4 Å². The van der Waals surface area contributed by atoms with Gasteiger partial charge >= 0.3 is 0 Å². The van der Waals surface area contributed by atoms with Gasteiger partial charge in [0.05, 0.1) is 7.11 Å². The fraction of sp³-hybridized carbons (Fsp3) is 0.360. The van der Waals surface area contributed by atoms with Gasteiger partial charge in [-0.05, 0) is 38.3 Å². The van der Waals surface area contributed by atoms with E-state index in [9.17, 15) is 9.59 Å². The van der Waals surface area contributed by atoms with Crippen molar-refractivity contribution in [2.24, 2.45) is 5.92 Å². The maximum Gasteiger partial charge on any atom is 0.226 e. The minimum Gasteiger partial charge on any atom is -0.492 e. The topological polar surface area (TPSA) is 55.8 Å². The summed E-state index contributed by atoms with van der Waals surface area (Å²) in [4.78, 5) is 25.8. The van der Waals surface area contributed by atoms with Crippen LogP contribution in [0.4, 0.5) is 0 Å². The molecule has 0 saturated heterocycles. The molecule has 2 aromatic rings. The second-order valence-electron chi connectivity index (χ2n) is 8.54. The molecule has 1 heterocycles. The lowest BCUT2D eigenvalue weighted by Gasteiger charge is -2.31. The van der Waals surface area contributed by atoms with Gasteiger partial charge < -0.3 is 14.4 Å². The van der Waals surface area contributed by atoms with Gasteiger partial charge in [-0.15, -0.1) is 0 Å². The van der Waals surface area contributed by atoms with Crippen molar-refractivity contribution in [2.45, 2.75) is 45.4 Å². The van der Waals surface area contributed by atoms with Crippen molar-refractivity contribution < 1.29 is 19.1 Å². The first-order valence-corrected chi connectivity index (χ1v) is 10.3. The zero-order valence-electron chi connectivity index (χ0n) is 17.7. The normalized spacial score (nSPS) is 16.4. The van der Waals surface area contributed by atoms with Crippen LogP contribution in [0, 0.1) is 5.92 Å². The molecule has 2 aromatic carbocycles. The molecular weight excluding hydrogens is 378 g/mol. The van der Waals surface area contributed by atoms with Gasteiger partial charge in [0.2, 0.25) is 5.91 Å². The van der Waals surface area contributed by atoms with Gasteiger partial charge in [-0.2, -0.15) is 0 Å². The number of methoxy groups -OCH3 is 1. The molecule has 1 fully saturated rings. The van der Waals surface area contributed by atoms with Crippen molar-refractivity contribution in [1.82, 2.24) is 4.90 Å². The van der Waals surface area contributed by atoms with Crippen LogP contribution in [0.3, 0.4) is 0 Å². The largest absolute Gasteiger partial charge is 0.492 e. The molecule has 0 unspecified atom stereocenters. The van der Waals surface area contributed by atoms with Gasteiger partial charge in [0.1, 0.15) is 11.9 Å². The van der Waals surface area contributed by atoms with Crippen molar-refractivity contribution in [1.29, 1.82) is 0 Å². The smallest absolute Gasteiger partial charge is 0.226 e. The van der Waals surface area contributed by atoms with E-state index in [2.05, 4.69) is 0 Å². The predicted octanol–water partition coefficient (Wildman–Crippen LogP) is 4.63. The van der Waals surface area contributed by atoms with Crippen molar-refractivity contribution >= 4 is 18.3 Å². The number of hydrogen-bond acceptors (Lipinski definition) is 4. The van der Waals surface area contributed by atoms with Crippen LogP contribution in [0.25, 0.3) is 6.08 Å². The summed E-state index contributed by atoms with van der Waals surface area (Å²) in [6, 6.07) is 11.4.